The van der Waals surface area contributed by atoms with Crippen molar-refractivity contribution in [3.8, 4) is 5.75 Å². The number of benzene rings is 2. The standard InChI is InChI=1S/C18H16ClN3O3/c1-12-20-18(22-25-12)17(21-23-2)16-6-4-3-5-13(16)11-24-15-9-7-14(19)8-10-15/h3-10H,11H2,1-2H3. The molecule has 0 radical (unpaired) electrons. The third-order valence-electron chi connectivity index (χ3n) is 3.40. The van der Waals surface area contributed by atoms with E-state index in [2.05, 4.69) is 15.3 Å². The fourth-order valence-corrected chi connectivity index (χ4v) is 2.39. The van der Waals surface area contributed by atoms with E-state index < -0.39 is 0 Å². The van der Waals surface area contributed by atoms with Crippen LogP contribution in [0.2, 0.25) is 5.02 Å². The number of oxime groups is 1. The highest BCUT2D eigenvalue weighted by molar-refractivity contribution is 6.30. The number of nitrogens with zero attached hydrogens (tertiary/aromatic N) is 3. The average molecular weight is 358 g/mol. The Labute approximate surface area is 150 Å². The number of aromatic nitrogens is 2. The third kappa shape index (κ3) is 4.16. The first-order valence-electron chi connectivity index (χ1n) is 7.56. The number of ether oxygens (including phenoxy) is 1. The van der Waals surface area contributed by atoms with Crippen molar-refractivity contribution in [2.75, 3.05) is 7.11 Å². The van der Waals surface area contributed by atoms with Gasteiger partial charge in [-0.25, -0.2) is 0 Å². The van der Waals surface area contributed by atoms with E-state index in [0.29, 0.717) is 29.1 Å². The first kappa shape index (κ1) is 17.0. The minimum Gasteiger partial charge on any atom is -0.489 e. The van der Waals surface area contributed by atoms with Crippen molar-refractivity contribution in [3.63, 3.8) is 0 Å². The fraction of sp³-hybridized carbons (Fsp3) is 0.167. The van der Waals surface area contributed by atoms with E-state index in [0.717, 1.165) is 16.9 Å². The highest BCUT2D eigenvalue weighted by Crippen LogP contribution is 2.20. The van der Waals surface area contributed by atoms with Gasteiger partial charge in [0.05, 0.1) is 0 Å². The summed E-state index contributed by atoms with van der Waals surface area (Å²) in [5.74, 6) is 1.53. The molecule has 0 bridgehead atoms. The van der Waals surface area contributed by atoms with Crippen molar-refractivity contribution < 1.29 is 14.1 Å². The van der Waals surface area contributed by atoms with Gasteiger partial charge in [0, 0.05) is 17.5 Å². The summed E-state index contributed by atoms with van der Waals surface area (Å²) in [6, 6.07) is 14.9. The molecule has 25 heavy (non-hydrogen) atoms. The van der Waals surface area contributed by atoms with Crippen LogP contribution in [0.15, 0.2) is 58.2 Å². The molecule has 7 heteroatoms. The Balaban J connectivity index is 1.88. The van der Waals surface area contributed by atoms with Gasteiger partial charge in [-0.15, -0.1) is 0 Å². The van der Waals surface area contributed by atoms with Crippen molar-refractivity contribution in [2.45, 2.75) is 13.5 Å². The van der Waals surface area contributed by atoms with Crippen molar-refractivity contribution in [1.82, 2.24) is 10.1 Å². The van der Waals surface area contributed by atoms with Gasteiger partial charge in [-0.2, -0.15) is 4.98 Å². The van der Waals surface area contributed by atoms with Crippen LogP contribution in [0.5, 0.6) is 5.75 Å². The molecule has 0 saturated carbocycles. The zero-order valence-corrected chi connectivity index (χ0v) is 14.5. The molecule has 3 aromatic rings. The van der Waals surface area contributed by atoms with Crippen LogP contribution >= 0.6 is 11.6 Å². The van der Waals surface area contributed by atoms with Gasteiger partial charge in [0.15, 0.2) is 5.71 Å². The molecule has 0 amide bonds. The smallest absolute Gasteiger partial charge is 0.225 e. The topological polar surface area (TPSA) is 69.7 Å². The van der Waals surface area contributed by atoms with Gasteiger partial charge in [-0.1, -0.05) is 46.2 Å². The van der Waals surface area contributed by atoms with Crippen molar-refractivity contribution in [1.29, 1.82) is 0 Å². The maximum Gasteiger partial charge on any atom is 0.225 e. The summed E-state index contributed by atoms with van der Waals surface area (Å²) in [4.78, 5) is 9.19. The highest BCUT2D eigenvalue weighted by atomic mass is 35.5. The Hall–Kier alpha value is -2.86. The molecule has 0 atom stereocenters. The SMILES string of the molecule is CON=C(c1noc(C)n1)c1ccccc1COc1ccc(Cl)cc1. The Morgan fingerprint density at radius 2 is 1.92 bits per heavy atom. The molecule has 1 aromatic heterocycles. The molecular formula is C18H16ClN3O3. The summed E-state index contributed by atoms with van der Waals surface area (Å²) >= 11 is 5.89. The molecule has 0 fully saturated rings. The fourth-order valence-electron chi connectivity index (χ4n) is 2.27. The molecule has 0 unspecified atom stereocenters. The lowest BCUT2D eigenvalue weighted by atomic mass is 10.0. The number of halogens is 1. The lowest BCUT2D eigenvalue weighted by Gasteiger charge is -2.11. The Morgan fingerprint density at radius 3 is 2.60 bits per heavy atom. The minimum atomic E-state index is 0.345. The molecule has 6 nitrogen and oxygen atoms in total. The molecule has 3 rings (SSSR count). The van der Waals surface area contributed by atoms with E-state index in [4.69, 9.17) is 25.7 Å². The first-order chi connectivity index (χ1) is 12.2. The summed E-state index contributed by atoms with van der Waals surface area (Å²) in [6.07, 6.45) is 0. The lowest BCUT2D eigenvalue weighted by Crippen LogP contribution is -2.11. The Bertz CT molecular complexity index is 875. The molecule has 0 aliphatic carbocycles. The monoisotopic (exact) mass is 357 g/mol. The molecule has 0 spiro atoms. The maximum absolute atomic E-state index is 5.89. The van der Waals surface area contributed by atoms with Gasteiger partial charge in [0.1, 0.15) is 19.5 Å². The molecule has 2 aromatic carbocycles. The average Bonchev–Trinajstić information content (AvgIpc) is 3.06. The summed E-state index contributed by atoms with van der Waals surface area (Å²) in [7, 11) is 1.47. The van der Waals surface area contributed by atoms with E-state index in [1.165, 1.54) is 7.11 Å². The van der Waals surface area contributed by atoms with Crippen LogP contribution in [-0.4, -0.2) is 23.0 Å². The van der Waals surface area contributed by atoms with E-state index >= 15 is 0 Å². The highest BCUT2D eigenvalue weighted by Gasteiger charge is 2.18. The van der Waals surface area contributed by atoms with Crippen LogP contribution < -0.4 is 4.74 Å². The third-order valence-corrected chi connectivity index (χ3v) is 3.65. The van der Waals surface area contributed by atoms with Crippen molar-refractivity contribution in [2.24, 2.45) is 5.16 Å². The summed E-state index contributed by atoms with van der Waals surface area (Å²) in [6.45, 7) is 2.06. The van der Waals surface area contributed by atoms with E-state index in [1.807, 2.05) is 36.4 Å². The van der Waals surface area contributed by atoms with Crippen LogP contribution in [-0.2, 0) is 11.4 Å². The van der Waals surface area contributed by atoms with Gasteiger partial charge in [0.2, 0.25) is 11.7 Å². The predicted molar refractivity (Wildman–Crippen MR) is 93.9 cm³/mol. The second-order valence-corrected chi connectivity index (χ2v) is 5.60. The van der Waals surface area contributed by atoms with Crippen LogP contribution in [0.1, 0.15) is 22.8 Å². The van der Waals surface area contributed by atoms with Crippen LogP contribution in [0.4, 0.5) is 0 Å². The summed E-state index contributed by atoms with van der Waals surface area (Å²) in [5, 5.41) is 8.65. The first-order valence-corrected chi connectivity index (χ1v) is 7.93. The van der Waals surface area contributed by atoms with Gasteiger partial charge < -0.3 is 14.1 Å². The normalized spacial score (nSPS) is 11.4. The van der Waals surface area contributed by atoms with E-state index in [-0.39, 0.29) is 0 Å². The largest absolute Gasteiger partial charge is 0.489 e. The zero-order valence-electron chi connectivity index (χ0n) is 13.8. The number of hydrogen-bond donors (Lipinski definition) is 0. The number of aryl methyl sites for hydroxylation is 1. The van der Waals surface area contributed by atoms with E-state index in [9.17, 15) is 0 Å². The van der Waals surface area contributed by atoms with Crippen molar-refractivity contribution in [3.05, 3.63) is 76.4 Å². The van der Waals surface area contributed by atoms with Gasteiger partial charge in [-0.05, 0) is 29.8 Å². The number of hydrogen-bond acceptors (Lipinski definition) is 6. The quantitative estimate of drug-likeness (QED) is 0.492. The molecule has 0 aliphatic rings. The van der Waals surface area contributed by atoms with E-state index in [1.54, 1.807) is 19.1 Å². The summed E-state index contributed by atoms with van der Waals surface area (Å²) < 4.78 is 10.9. The zero-order chi connectivity index (χ0) is 17.6. The van der Waals surface area contributed by atoms with Crippen LogP contribution in [0, 0.1) is 6.92 Å². The minimum absolute atomic E-state index is 0.345. The Kier molecular flexibility index (Phi) is 5.30. The molecule has 1 heterocycles. The Morgan fingerprint density at radius 1 is 1.16 bits per heavy atom. The molecule has 0 saturated heterocycles. The second kappa shape index (κ2) is 7.81. The summed E-state index contributed by atoms with van der Waals surface area (Å²) in [5.41, 5.74) is 2.20. The van der Waals surface area contributed by atoms with Crippen LogP contribution in [0.3, 0.4) is 0 Å². The lowest BCUT2D eigenvalue weighted by molar-refractivity contribution is 0.213. The molecular weight excluding hydrogens is 342 g/mol. The van der Waals surface area contributed by atoms with Gasteiger partial charge >= 0.3 is 0 Å². The molecule has 0 N–H and O–H groups in total. The maximum atomic E-state index is 5.89. The predicted octanol–water partition coefficient (Wildman–Crippen LogP) is 4.01. The second-order valence-electron chi connectivity index (χ2n) is 5.16. The molecule has 128 valence electrons. The van der Waals surface area contributed by atoms with Gasteiger partial charge in [-0.3, -0.25) is 0 Å². The van der Waals surface area contributed by atoms with Gasteiger partial charge in [0.25, 0.3) is 0 Å². The van der Waals surface area contributed by atoms with Crippen LogP contribution in [0.25, 0.3) is 0 Å². The molecule has 0 aliphatic heterocycles. The number of rotatable bonds is 6. The van der Waals surface area contributed by atoms with Crippen molar-refractivity contribution >= 4 is 17.3 Å².